The fourth-order valence-corrected chi connectivity index (χ4v) is 8.46. The Kier molecular flexibility index (Phi) is 5.63. The zero-order valence-electron chi connectivity index (χ0n) is 19.4. The summed E-state index contributed by atoms with van der Waals surface area (Å²) >= 11 is 0. The molecule has 8 atom stereocenters. The molecule has 0 spiro atoms. The molecule has 0 aromatic rings. The molecular weight excluding hydrogens is 388 g/mol. The van der Waals surface area contributed by atoms with Crippen LogP contribution in [-0.2, 0) is 0 Å². The van der Waals surface area contributed by atoms with Crippen LogP contribution in [0, 0.1) is 34.5 Å². The number of hydrogen-bond acceptors (Lipinski definition) is 6. The van der Waals surface area contributed by atoms with E-state index in [0.29, 0.717) is 29.1 Å². The lowest BCUT2D eigenvalue weighted by atomic mass is 9.43. The number of nitrogens with one attached hydrogen (secondary N) is 3. The van der Waals surface area contributed by atoms with E-state index in [4.69, 9.17) is 0 Å². The molecule has 0 aromatic carbocycles. The van der Waals surface area contributed by atoms with E-state index in [0.717, 1.165) is 70.5 Å². The Labute approximate surface area is 187 Å². The first-order valence-corrected chi connectivity index (χ1v) is 12.7. The molecule has 4 aliphatic carbocycles. The Bertz CT molecular complexity index is 741. The number of fused-ring (bicyclic) bond motifs is 5. The number of aliphatic imine (C=N–C) groups is 1. The third-order valence-electron chi connectivity index (χ3n) is 10.4. The van der Waals surface area contributed by atoms with E-state index in [2.05, 4.69) is 47.2 Å². The van der Waals surface area contributed by atoms with Crippen molar-refractivity contribution in [3.8, 4) is 0 Å². The Morgan fingerprint density at radius 1 is 1.10 bits per heavy atom. The molecule has 174 valence electrons. The van der Waals surface area contributed by atoms with Gasteiger partial charge in [0.2, 0.25) is 5.96 Å². The lowest BCUT2D eigenvalue weighted by Crippen LogP contribution is -2.62. The predicted octanol–water partition coefficient (Wildman–Crippen LogP) is 2.73. The standard InChI is InChI=1S/C25H42N4O2/c1-23-10-8-19(30)16-18(23)5-6-21-20(23)9-11-24(2)17(7-12-25(21,24)31)4-3-13-28-29-22-26-14-15-27-22/h3-4,17-21,28,30-31H,5-16H2,1-2H3,(H2,26,27,29)/b4-3+/t17-,18+,19-,20-,21+,23-,24+,25-/m0/s1. The minimum absolute atomic E-state index is 0.0213. The van der Waals surface area contributed by atoms with E-state index in [-0.39, 0.29) is 11.5 Å². The van der Waals surface area contributed by atoms with Gasteiger partial charge in [-0.2, -0.15) is 0 Å². The van der Waals surface area contributed by atoms with E-state index in [9.17, 15) is 10.2 Å². The highest BCUT2D eigenvalue weighted by Gasteiger charge is 2.66. The van der Waals surface area contributed by atoms with Crippen LogP contribution in [0.5, 0.6) is 0 Å². The lowest BCUT2D eigenvalue weighted by molar-refractivity contribution is -0.207. The van der Waals surface area contributed by atoms with Gasteiger partial charge in [0.1, 0.15) is 0 Å². The summed E-state index contributed by atoms with van der Waals surface area (Å²) in [6.45, 7) is 7.34. The number of aliphatic hydroxyl groups excluding tert-OH is 1. The van der Waals surface area contributed by atoms with Crippen LogP contribution in [0.4, 0.5) is 0 Å². The number of rotatable bonds is 4. The van der Waals surface area contributed by atoms with Gasteiger partial charge in [0.05, 0.1) is 18.2 Å². The minimum atomic E-state index is -0.539. The van der Waals surface area contributed by atoms with Gasteiger partial charge in [-0.05, 0) is 86.9 Å². The van der Waals surface area contributed by atoms with Gasteiger partial charge in [-0.3, -0.25) is 10.4 Å². The second kappa shape index (κ2) is 8.03. The highest BCUT2D eigenvalue weighted by atomic mass is 16.3. The Morgan fingerprint density at radius 2 is 1.97 bits per heavy atom. The van der Waals surface area contributed by atoms with Crippen LogP contribution in [0.3, 0.4) is 0 Å². The summed E-state index contributed by atoms with van der Waals surface area (Å²) in [5.74, 6) is 2.95. The molecule has 4 saturated carbocycles. The number of guanidine groups is 1. The number of hydrogen-bond donors (Lipinski definition) is 5. The molecule has 0 bridgehead atoms. The summed E-state index contributed by atoms with van der Waals surface area (Å²) in [7, 11) is 0. The predicted molar refractivity (Wildman–Crippen MR) is 123 cm³/mol. The van der Waals surface area contributed by atoms with Crippen molar-refractivity contribution >= 4 is 5.96 Å². The molecule has 0 radical (unpaired) electrons. The molecule has 5 N–H and O–H groups in total. The van der Waals surface area contributed by atoms with Gasteiger partial charge in [-0.1, -0.05) is 26.0 Å². The molecule has 31 heavy (non-hydrogen) atoms. The van der Waals surface area contributed by atoms with Crippen molar-refractivity contribution in [1.29, 1.82) is 0 Å². The quantitative estimate of drug-likeness (QED) is 0.269. The summed E-state index contributed by atoms with van der Waals surface area (Å²) in [4.78, 5) is 4.32. The second-order valence-electron chi connectivity index (χ2n) is 11.5. The fraction of sp³-hybridized carbons (Fsp3) is 0.880. The van der Waals surface area contributed by atoms with Crippen LogP contribution in [0.15, 0.2) is 17.1 Å². The molecule has 1 heterocycles. The van der Waals surface area contributed by atoms with Crippen LogP contribution in [0.25, 0.3) is 0 Å². The zero-order valence-corrected chi connectivity index (χ0v) is 19.4. The van der Waals surface area contributed by atoms with Crippen LogP contribution < -0.4 is 16.2 Å². The summed E-state index contributed by atoms with van der Waals surface area (Å²) in [5, 5.41) is 25.6. The van der Waals surface area contributed by atoms with Crippen molar-refractivity contribution in [3.05, 3.63) is 12.2 Å². The third-order valence-corrected chi connectivity index (χ3v) is 10.4. The van der Waals surface area contributed by atoms with Crippen molar-refractivity contribution in [2.24, 2.45) is 39.5 Å². The Morgan fingerprint density at radius 3 is 2.77 bits per heavy atom. The third kappa shape index (κ3) is 3.44. The lowest BCUT2D eigenvalue weighted by Gasteiger charge is -2.63. The molecule has 6 heteroatoms. The molecule has 1 aliphatic heterocycles. The molecule has 0 aromatic heterocycles. The Balaban J connectivity index is 1.26. The topological polar surface area (TPSA) is 88.9 Å². The molecular formula is C25H42N4O2. The molecule has 0 amide bonds. The average molecular weight is 431 g/mol. The highest BCUT2D eigenvalue weighted by molar-refractivity contribution is 5.80. The van der Waals surface area contributed by atoms with Crippen LogP contribution in [0.1, 0.15) is 71.6 Å². The molecule has 0 saturated heterocycles. The van der Waals surface area contributed by atoms with E-state index in [1.54, 1.807) is 0 Å². The first-order valence-electron chi connectivity index (χ1n) is 12.7. The molecule has 5 aliphatic rings. The van der Waals surface area contributed by atoms with E-state index < -0.39 is 5.60 Å². The second-order valence-corrected chi connectivity index (χ2v) is 11.5. The van der Waals surface area contributed by atoms with Gasteiger partial charge in [0.15, 0.2) is 0 Å². The van der Waals surface area contributed by atoms with E-state index in [1.807, 2.05) is 0 Å². The number of hydrazine groups is 1. The largest absolute Gasteiger partial charge is 0.393 e. The van der Waals surface area contributed by atoms with Crippen molar-refractivity contribution in [3.63, 3.8) is 0 Å². The fourth-order valence-electron chi connectivity index (χ4n) is 8.46. The first-order chi connectivity index (χ1) is 14.9. The van der Waals surface area contributed by atoms with Crippen molar-refractivity contribution in [2.45, 2.75) is 83.3 Å². The number of allylic oxidation sites excluding steroid dienone is 1. The summed E-state index contributed by atoms with van der Waals surface area (Å²) < 4.78 is 0. The van der Waals surface area contributed by atoms with Crippen molar-refractivity contribution < 1.29 is 10.2 Å². The zero-order chi connectivity index (χ0) is 21.7. The van der Waals surface area contributed by atoms with Gasteiger partial charge in [0.25, 0.3) is 0 Å². The van der Waals surface area contributed by atoms with Crippen LogP contribution in [-0.4, -0.2) is 47.5 Å². The number of nitrogens with zero attached hydrogens (tertiary/aromatic N) is 1. The number of aliphatic hydroxyl groups is 2. The maximum atomic E-state index is 12.2. The van der Waals surface area contributed by atoms with Crippen LogP contribution >= 0.6 is 0 Å². The monoisotopic (exact) mass is 430 g/mol. The SMILES string of the molecule is C[C@]12CC[C@H](O)C[C@H]1CC[C@@H]1[C@@H]2CC[C@]2(C)[C@@H](/C=C/CNNC3=NCCN3)CC[C@]12O. The minimum Gasteiger partial charge on any atom is -0.393 e. The summed E-state index contributed by atoms with van der Waals surface area (Å²) in [6, 6.07) is 0. The van der Waals surface area contributed by atoms with Gasteiger partial charge in [-0.25, -0.2) is 5.43 Å². The summed E-state index contributed by atoms with van der Waals surface area (Å²) in [6.07, 6.45) is 14.2. The molecule has 0 unspecified atom stereocenters. The Hall–Kier alpha value is -1.11. The maximum absolute atomic E-state index is 12.2. The molecule has 6 nitrogen and oxygen atoms in total. The van der Waals surface area contributed by atoms with Gasteiger partial charge < -0.3 is 15.5 Å². The van der Waals surface area contributed by atoms with E-state index in [1.165, 1.54) is 12.8 Å². The van der Waals surface area contributed by atoms with E-state index >= 15 is 0 Å². The summed E-state index contributed by atoms with van der Waals surface area (Å²) in [5.41, 5.74) is 6.08. The molecule has 5 rings (SSSR count). The van der Waals surface area contributed by atoms with Gasteiger partial charge in [0, 0.05) is 18.5 Å². The van der Waals surface area contributed by atoms with Gasteiger partial charge in [-0.15, -0.1) is 0 Å². The maximum Gasteiger partial charge on any atom is 0.206 e. The highest BCUT2D eigenvalue weighted by Crippen LogP contribution is 2.69. The average Bonchev–Trinajstić information content (AvgIpc) is 3.35. The van der Waals surface area contributed by atoms with Crippen LogP contribution in [0.2, 0.25) is 0 Å². The van der Waals surface area contributed by atoms with Gasteiger partial charge >= 0.3 is 0 Å². The smallest absolute Gasteiger partial charge is 0.206 e. The van der Waals surface area contributed by atoms with Crippen molar-refractivity contribution in [1.82, 2.24) is 16.2 Å². The normalized spacial score (nSPS) is 49.2. The first kappa shape index (κ1) is 21.7. The molecule has 4 fully saturated rings. The van der Waals surface area contributed by atoms with Crippen molar-refractivity contribution in [2.75, 3.05) is 19.6 Å².